The van der Waals surface area contributed by atoms with Crippen LogP contribution in [0.4, 0.5) is 5.82 Å². The second-order valence-electron chi connectivity index (χ2n) is 4.43. The maximum absolute atomic E-state index is 5.37. The Morgan fingerprint density at radius 1 is 1.41 bits per heavy atom. The molecule has 17 heavy (non-hydrogen) atoms. The lowest BCUT2D eigenvalue weighted by Crippen LogP contribution is -2.23. The van der Waals surface area contributed by atoms with E-state index in [0.717, 1.165) is 18.8 Å². The summed E-state index contributed by atoms with van der Waals surface area (Å²) in [5, 5.41) is 3.38. The Balaban J connectivity index is 2.46. The van der Waals surface area contributed by atoms with E-state index in [1.165, 1.54) is 0 Å². The molecule has 0 aliphatic rings. The number of nitrogens with zero attached hydrogens (tertiary/aromatic N) is 2. The van der Waals surface area contributed by atoms with Crippen molar-refractivity contribution in [3.05, 3.63) is 18.2 Å². The van der Waals surface area contributed by atoms with Gasteiger partial charge < -0.3 is 15.0 Å². The van der Waals surface area contributed by atoms with E-state index in [-0.39, 0.29) is 0 Å². The van der Waals surface area contributed by atoms with Crippen LogP contribution in [0.2, 0.25) is 0 Å². The van der Waals surface area contributed by atoms with Crippen molar-refractivity contribution < 1.29 is 4.74 Å². The van der Waals surface area contributed by atoms with Gasteiger partial charge in [-0.05, 0) is 47.0 Å². The fraction of sp³-hybridized carbons (Fsp3) is 0.615. The normalized spacial score (nSPS) is 12.5. The summed E-state index contributed by atoms with van der Waals surface area (Å²) in [5.41, 5.74) is 0. The van der Waals surface area contributed by atoms with Gasteiger partial charge in [0, 0.05) is 12.1 Å². The zero-order valence-electron chi connectivity index (χ0n) is 11.2. The third-order valence-electron chi connectivity index (χ3n) is 2.42. The summed E-state index contributed by atoms with van der Waals surface area (Å²) >= 11 is 0. The molecule has 0 aliphatic heterocycles. The lowest BCUT2D eigenvalue weighted by Gasteiger charge is -2.17. The Labute approximate surface area is 104 Å². The average Bonchev–Trinajstić information content (AvgIpc) is 2.27. The van der Waals surface area contributed by atoms with Crippen molar-refractivity contribution in [3.8, 4) is 5.88 Å². The maximum atomic E-state index is 5.37. The highest BCUT2D eigenvalue weighted by molar-refractivity contribution is 5.37. The number of pyridine rings is 1. The smallest absolute Gasteiger partial charge is 0.215 e. The Kier molecular flexibility index (Phi) is 5.77. The molecule has 1 aromatic heterocycles. The first-order valence-electron chi connectivity index (χ1n) is 6.13. The van der Waals surface area contributed by atoms with Crippen LogP contribution in [0.15, 0.2) is 18.2 Å². The third-order valence-corrected chi connectivity index (χ3v) is 2.42. The van der Waals surface area contributed by atoms with E-state index in [9.17, 15) is 0 Å². The van der Waals surface area contributed by atoms with Crippen LogP contribution in [0.1, 0.15) is 20.3 Å². The number of aromatic nitrogens is 1. The van der Waals surface area contributed by atoms with Gasteiger partial charge in [0.15, 0.2) is 0 Å². The minimum Gasteiger partial charge on any atom is -0.478 e. The molecule has 0 spiro atoms. The number of hydrogen-bond donors (Lipinski definition) is 1. The summed E-state index contributed by atoms with van der Waals surface area (Å²) in [4.78, 5) is 6.57. The molecule has 0 radical (unpaired) electrons. The van der Waals surface area contributed by atoms with Crippen LogP contribution in [-0.4, -0.2) is 43.2 Å². The Hall–Kier alpha value is -1.29. The maximum Gasteiger partial charge on any atom is 0.215 e. The summed E-state index contributed by atoms with van der Waals surface area (Å²) < 4.78 is 5.37. The molecule has 1 atom stereocenters. The van der Waals surface area contributed by atoms with Crippen molar-refractivity contribution in [1.29, 1.82) is 0 Å². The van der Waals surface area contributed by atoms with Crippen LogP contribution in [0.25, 0.3) is 0 Å². The van der Waals surface area contributed by atoms with Gasteiger partial charge in [0.05, 0.1) is 6.61 Å². The zero-order valence-corrected chi connectivity index (χ0v) is 11.2. The molecule has 96 valence electrons. The van der Waals surface area contributed by atoms with Crippen LogP contribution >= 0.6 is 0 Å². The van der Waals surface area contributed by atoms with Crippen LogP contribution in [0.3, 0.4) is 0 Å². The molecule has 1 aromatic rings. The molecule has 0 amide bonds. The molecule has 4 heteroatoms. The topological polar surface area (TPSA) is 37.4 Å². The first kappa shape index (κ1) is 13.8. The van der Waals surface area contributed by atoms with Gasteiger partial charge in [-0.25, -0.2) is 0 Å². The van der Waals surface area contributed by atoms with Crippen LogP contribution < -0.4 is 10.1 Å². The molecule has 0 bridgehead atoms. The highest BCUT2D eigenvalue weighted by atomic mass is 16.5. The minimum absolute atomic E-state index is 0.404. The van der Waals surface area contributed by atoms with Crippen molar-refractivity contribution >= 4 is 5.82 Å². The molecule has 1 heterocycles. The van der Waals surface area contributed by atoms with Crippen LogP contribution in [0.5, 0.6) is 5.88 Å². The van der Waals surface area contributed by atoms with Crippen LogP contribution in [0, 0.1) is 0 Å². The summed E-state index contributed by atoms with van der Waals surface area (Å²) in [6, 6.07) is 6.20. The van der Waals surface area contributed by atoms with E-state index >= 15 is 0 Å². The summed E-state index contributed by atoms with van der Waals surface area (Å²) in [7, 11) is 4.17. The van der Waals surface area contributed by atoms with Gasteiger partial charge in [-0.15, -0.1) is 0 Å². The largest absolute Gasteiger partial charge is 0.478 e. The minimum atomic E-state index is 0.404. The molecular weight excluding hydrogens is 214 g/mol. The highest BCUT2D eigenvalue weighted by Crippen LogP contribution is 2.12. The highest BCUT2D eigenvalue weighted by Gasteiger charge is 2.04. The van der Waals surface area contributed by atoms with Crippen molar-refractivity contribution in [2.45, 2.75) is 26.3 Å². The van der Waals surface area contributed by atoms with E-state index in [1.54, 1.807) is 0 Å². The van der Waals surface area contributed by atoms with Crippen molar-refractivity contribution in [3.63, 3.8) is 0 Å². The number of anilines is 1. The first-order valence-corrected chi connectivity index (χ1v) is 6.13. The first-order chi connectivity index (χ1) is 8.11. The molecule has 0 aliphatic carbocycles. The van der Waals surface area contributed by atoms with E-state index in [4.69, 9.17) is 4.74 Å². The third kappa shape index (κ3) is 5.54. The molecular formula is C13H23N3O. The quantitative estimate of drug-likeness (QED) is 0.789. The van der Waals surface area contributed by atoms with E-state index in [0.29, 0.717) is 18.5 Å². The van der Waals surface area contributed by atoms with Crippen molar-refractivity contribution in [1.82, 2.24) is 9.88 Å². The van der Waals surface area contributed by atoms with Gasteiger partial charge in [0.25, 0.3) is 0 Å². The lowest BCUT2D eigenvalue weighted by atomic mass is 10.2. The van der Waals surface area contributed by atoms with Crippen molar-refractivity contribution in [2.75, 3.05) is 32.6 Å². The second-order valence-corrected chi connectivity index (χ2v) is 4.43. The van der Waals surface area contributed by atoms with Gasteiger partial charge in [-0.3, -0.25) is 0 Å². The molecule has 4 nitrogen and oxygen atoms in total. The fourth-order valence-electron chi connectivity index (χ4n) is 1.50. The lowest BCUT2D eigenvalue weighted by molar-refractivity contribution is 0.327. The van der Waals surface area contributed by atoms with Gasteiger partial charge in [0.1, 0.15) is 5.82 Å². The average molecular weight is 237 g/mol. The molecule has 0 aromatic carbocycles. The van der Waals surface area contributed by atoms with Gasteiger partial charge in [0.2, 0.25) is 5.88 Å². The van der Waals surface area contributed by atoms with E-state index in [1.807, 2.05) is 25.1 Å². The number of hydrogen-bond acceptors (Lipinski definition) is 4. The predicted octanol–water partition coefficient (Wildman–Crippen LogP) is 2.23. The van der Waals surface area contributed by atoms with Crippen molar-refractivity contribution in [2.24, 2.45) is 0 Å². The van der Waals surface area contributed by atoms with E-state index < -0.39 is 0 Å². The predicted molar refractivity (Wildman–Crippen MR) is 71.7 cm³/mol. The summed E-state index contributed by atoms with van der Waals surface area (Å²) in [6.07, 6.45) is 1.09. The Morgan fingerprint density at radius 2 is 2.18 bits per heavy atom. The standard InChI is InChI=1S/C13H23N3O/c1-5-17-13-8-6-7-12(15-13)14-11(2)9-10-16(3)4/h6-8,11H,5,9-10H2,1-4H3,(H,14,15). The molecule has 1 N–H and O–H groups in total. The zero-order chi connectivity index (χ0) is 12.7. The number of ether oxygens (including phenoxy) is 1. The monoisotopic (exact) mass is 237 g/mol. The Morgan fingerprint density at radius 3 is 2.82 bits per heavy atom. The summed E-state index contributed by atoms with van der Waals surface area (Å²) in [6.45, 7) is 5.84. The molecule has 1 unspecified atom stereocenters. The summed E-state index contributed by atoms with van der Waals surface area (Å²) in [5.74, 6) is 1.56. The van der Waals surface area contributed by atoms with E-state index in [2.05, 4.69) is 36.2 Å². The second kappa shape index (κ2) is 7.12. The van der Waals surface area contributed by atoms with Gasteiger partial charge >= 0.3 is 0 Å². The molecule has 0 saturated heterocycles. The van der Waals surface area contributed by atoms with Crippen LogP contribution in [-0.2, 0) is 0 Å². The number of rotatable bonds is 7. The molecule has 1 rings (SSSR count). The molecule has 0 saturated carbocycles. The Bertz CT molecular complexity index is 328. The SMILES string of the molecule is CCOc1cccc(NC(C)CCN(C)C)n1. The number of nitrogens with one attached hydrogen (secondary N) is 1. The molecule has 0 fully saturated rings. The van der Waals surface area contributed by atoms with Gasteiger partial charge in [-0.1, -0.05) is 6.07 Å². The fourth-order valence-corrected chi connectivity index (χ4v) is 1.50. The van der Waals surface area contributed by atoms with Gasteiger partial charge in [-0.2, -0.15) is 4.98 Å².